The summed E-state index contributed by atoms with van der Waals surface area (Å²) in [5.74, 6) is -0.135. The van der Waals surface area contributed by atoms with Crippen molar-refractivity contribution >= 4 is 22.1 Å². The first kappa shape index (κ1) is 11.2. The molecule has 0 unspecified atom stereocenters. The van der Waals surface area contributed by atoms with Gasteiger partial charge in [-0.15, -0.1) is 11.3 Å². The molecule has 3 aromatic rings. The van der Waals surface area contributed by atoms with Crippen LogP contribution < -0.4 is 4.90 Å². The highest BCUT2D eigenvalue weighted by atomic mass is 32.1. The first-order valence-corrected chi connectivity index (χ1v) is 6.24. The molecule has 0 saturated heterocycles. The molecule has 3 rings (SSSR count). The van der Waals surface area contributed by atoms with Crippen molar-refractivity contribution in [3.8, 4) is 10.6 Å². The molecule has 3 heterocycles. The van der Waals surface area contributed by atoms with Crippen LogP contribution in [0.25, 0.3) is 16.3 Å². The molecule has 0 aliphatic carbocycles. The van der Waals surface area contributed by atoms with E-state index in [1.54, 1.807) is 21.9 Å². The van der Waals surface area contributed by atoms with Crippen molar-refractivity contribution in [1.82, 2.24) is 14.4 Å². The van der Waals surface area contributed by atoms with Gasteiger partial charge < -0.3 is 4.90 Å². The summed E-state index contributed by atoms with van der Waals surface area (Å²) in [6, 6.07) is 5.37. The van der Waals surface area contributed by atoms with Crippen molar-refractivity contribution in [3.63, 3.8) is 0 Å². The van der Waals surface area contributed by atoms with E-state index in [2.05, 4.69) is 9.97 Å². The second-order valence-corrected chi connectivity index (χ2v) is 5.18. The normalized spacial score (nSPS) is 11.1. The summed E-state index contributed by atoms with van der Waals surface area (Å²) in [6.45, 7) is 0. The van der Waals surface area contributed by atoms with E-state index >= 15 is 0 Å². The van der Waals surface area contributed by atoms with Crippen molar-refractivity contribution in [2.45, 2.75) is 0 Å². The molecule has 6 heteroatoms. The highest BCUT2D eigenvalue weighted by Crippen LogP contribution is 2.31. The molecule has 92 valence electrons. The van der Waals surface area contributed by atoms with Gasteiger partial charge in [0.2, 0.25) is 11.7 Å². The van der Waals surface area contributed by atoms with Crippen LogP contribution in [0.2, 0.25) is 0 Å². The fraction of sp³-hybridized carbons (Fsp3) is 0.167. The third-order valence-corrected chi connectivity index (χ3v) is 3.85. The molecule has 0 aliphatic rings. The number of nitrogens with zero attached hydrogens (tertiary/aromatic N) is 4. The minimum atomic E-state index is -0.514. The maximum absolute atomic E-state index is 13.0. The average Bonchev–Trinajstić information content (AvgIpc) is 2.93. The fourth-order valence-electron chi connectivity index (χ4n) is 1.68. The van der Waals surface area contributed by atoms with E-state index < -0.39 is 5.95 Å². The number of imidazole rings is 1. The third kappa shape index (κ3) is 1.84. The molecule has 0 atom stereocenters. The van der Waals surface area contributed by atoms with Crippen LogP contribution in [-0.4, -0.2) is 28.5 Å². The van der Waals surface area contributed by atoms with E-state index in [9.17, 15) is 4.39 Å². The molecule has 0 aliphatic heterocycles. The van der Waals surface area contributed by atoms with Gasteiger partial charge in [-0.25, -0.2) is 4.98 Å². The Bertz CT molecular complexity index is 701. The van der Waals surface area contributed by atoms with E-state index in [1.165, 1.54) is 6.07 Å². The van der Waals surface area contributed by atoms with Crippen molar-refractivity contribution in [2.24, 2.45) is 0 Å². The molecule has 0 saturated carbocycles. The molecule has 0 fully saturated rings. The molecule has 3 aromatic heterocycles. The Morgan fingerprint density at radius 2 is 2.06 bits per heavy atom. The molecular weight excluding hydrogens is 251 g/mol. The van der Waals surface area contributed by atoms with Gasteiger partial charge in [0.05, 0.1) is 9.88 Å². The summed E-state index contributed by atoms with van der Waals surface area (Å²) in [5, 5.41) is 1.15. The zero-order valence-corrected chi connectivity index (χ0v) is 10.8. The van der Waals surface area contributed by atoms with Crippen LogP contribution >= 0.6 is 11.3 Å². The van der Waals surface area contributed by atoms with Crippen LogP contribution in [0.4, 0.5) is 9.39 Å². The Kier molecular flexibility index (Phi) is 2.52. The van der Waals surface area contributed by atoms with Crippen molar-refractivity contribution in [1.29, 1.82) is 0 Å². The Morgan fingerprint density at radius 1 is 1.22 bits per heavy atom. The molecule has 0 amide bonds. The summed E-state index contributed by atoms with van der Waals surface area (Å²) in [5.41, 5.74) is 0.811. The number of thiophene rings is 1. The van der Waals surface area contributed by atoms with Gasteiger partial charge in [0.15, 0.2) is 0 Å². The average molecular weight is 262 g/mol. The lowest BCUT2D eigenvalue weighted by molar-refractivity contribution is 0.583. The Hall–Kier alpha value is -1.95. The number of hydrogen-bond donors (Lipinski definition) is 0. The molecule has 0 radical (unpaired) electrons. The minimum absolute atomic E-state index is 0.379. The summed E-state index contributed by atoms with van der Waals surface area (Å²) < 4.78 is 14.7. The van der Waals surface area contributed by atoms with Gasteiger partial charge in [-0.3, -0.25) is 4.40 Å². The molecular formula is C12H11FN4S. The van der Waals surface area contributed by atoms with E-state index in [4.69, 9.17) is 0 Å². The van der Waals surface area contributed by atoms with Crippen molar-refractivity contribution in [3.05, 3.63) is 36.5 Å². The van der Waals surface area contributed by atoms with Gasteiger partial charge >= 0.3 is 0 Å². The predicted octanol–water partition coefficient (Wildman–Crippen LogP) is 2.66. The predicted molar refractivity (Wildman–Crippen MR) is 70.6 cm³/mol. The second kappa shape index (κ2) is 4.06. The summed E-state index contributed by atoms with van der Waals surface area (Å²) in [6.07, 6.45) is 3.47. The summed E-state index contributed by atoms with van der Waals surface area (Å²) in [4.78, 5) is 11.2. The van der Waals surface area contributed by atoms with Crippen molar-refractivity contribution < 1.29 is 4.39 Å². The van der Waals surface area contributed by atoms with Crippen LogP contribution in [-0.2, 0) is 0 Å². The second-order valence-electron chi connectivity index (χ2n) is 4.12. The van der Waals surface area contributed by atoms with E-state index in [0.29, 0.717) is 5.78 Å². The highest BCUT2D eigenvalue weighted by Gasteiger charge is 2.09. The van der Waals surface area contributed by atoms with Crippen LogP contribution in [0.1, 0.15) is 0 Å². The zero-order chi connectivity index (χ0) is 12.7. The number of anilines is 1. The summed E-state index contributed by atoms with van der Waals surface area (Å²) >= 11 is 1.64. The molecule has 0 aromatic carbocycles. The van der Waals surface area contributed by atoms with Crippen molar-refractivity contribution in [2.75, 3.05) is 19.0 Å². The number of aromatic nitrogens is 3. The Morgan fingerprint density at radius 3 is 2.78 bits per heavy atom. The van der Waals surface area contributed by atoms with Gasteiger partial charge in [0, 0.05) is 32.6 Å². The largest absolute Gasteiger partial charge is 0.370 e. The van der Waals surface area contributed by atoms with Gasteiger partial charge in [0.25, 0.3) is 0 Å². The number of rotatable bonds is 2. The highest BCUT2D eigenvalue weighted by molar-refractivity contribution is 7.19. The number of hydrogen-bond acceptors (Lipinski definition) is 4. The van der Waals surface area contributed by atoms with Gasteiger partial charge in [-0.05, 0) is 12.1 Å². The third-order valence-electron chi connectivity index (χ3n) is 2.58. The fourth-order valence-corrected chi connectivity index (χ4v) is 2.56. The molecule has 0 bridgehead atoms. The molecule has 18 heavy (non-hydrogen) atoms. The standard InChI is InChI=1S/C12H11FN4S/c1-16(2)11-4-3-9(18-11)8-7-17-6-5-10(13)15-12(17)14-8/h3-7H,1-2H3. The maximum Gasteiger partial charge on any atom is 0.237 e. The first-order valence-electron chi connectivity index (χ1n) is 5.42. The minimum Gasteiger partial charge on any atom is -0.370 e. The lowest BCUT2D eigenvalue weighted by Gasteiger charge is -2.06. The number of halogens is 1. The van der Waals surface area contributed by atoms with Gasteiger partial charge in [-0.2, -0.15) is 9.37 Å². The molecule has 0 spiro atoms. The smallest absolute Gasteiger partial charge is 0.237 e. The lowest BCUT2D eigenvalue weighted by atomic mass is 10.4. The van der Waals surface area contributed by atoms with Gasteiger partial charge in [0.1, 0.15) is 5.69 Å². The molecule has 4 nitrogen and oxygen atoms in total. The van der Waals surface area contributed by atoms with Crippen LogP contribution in [0.15, 0.2) is 30.6 Å². The topological polar surface area (TPSA) is 33.4 Å². The van der Waals surface area contributed by atoms with Crippen LogP contribution in [0.3, 0.4) is 0 Å². The quantitative estimate of drug-likeness (QED) is 0.666. The SMILES string of the molecule is CN(C)c1ccc(-c2cn3ccc(F)nc3n2)s1. The van der Waals surface area contributed by atoms with E-state index in [1.807, 2.05) is 37.3 Å². The monoisotopic (exact) mass is 262 g/mol. The Balaban J connectivity index is 2.07. The van der Waals surface area contributed by atoms with E-state index in [-0.39, 0.29) is 0 Å². The van der Waals surface area contributed by atoms with Crippen LogP contribution in [0.5, 0.6) is 0 Å². The Labute approximate surface area is 107 Å². The molecule has 0 N–H and O–H groups in total. The lowest BCUT2D eigenvalue weighted by Crippen LogP contribution is -2.05. The van der Waals surface area contributed by atoms with Gasteiger partial charge in [-0.1, -0.05) is 0 Å². The first-order chi connectivity index (χ1) is 8.63. The zero-order valence-electron chi connectivity index (χ0n) is 9.96. The summed E-state index contributed by atoms with van der Waals surface area (Å²) in [7, 11) is 3.99. The number of fused-ring (bicyclic) bond motifs is 1. The maximum atomic E-state index is 13.0. The van der Waals surface area contributed by atoms with E-state index in [0.717, 1.165) is 15.6 Å². The van der Waals surface area contributed by atoms with Crippen LogP contribution in [0, 0.1) is 5.95 Å².